The largest absolute Gasteiger partial charge is 0.409 e. The van der Waals surface area contributed by atoms with E-state index in [9.17, 15) is 9.18 Å². The standard InChI is InChI=1S/C14H13ClFN3O2/c1-8-5-6-10(13(17)18-21)14(20)19(8)7-9-3-2-4-11(16)12(9)15/h2-6,21H,7H2,1H3,(H2,17,18). The van der Waals surface area contributed by atoms with Crippen molar-refractivity contribution in [3.63, 3.8) is 0 Å². The Morgan fingerprint density at radius 2 is 2.14 bits per heavy atom. The predicted octanol–water partition coefficient (Wildman–Crippen LogP) is 2.09. The lowest BCUT2D eigenvalue weighted by atomic mass is 10.2. The molecule has 0 aliphatic rings. The number of benzene rings is 1. The number of pyridine rings is 1. The van der Waals surface area contributed by atoms with Crippen molar-refractivity contribution in [2.75, 3.05) is 0 Å². The highest BCUT2D eigenvalue weighted by molar-refractivity contribution is 6.31. The van der Waals surface area contributed by atoms with Crippen molar-refractivity contribution < 1.29 is 9.60 Å². The first-order valence-corrected chi connectivity index (χ1v) is 6.44. The Morgan fingerprint density at radius 1 is 1.43 bits per heavy atom. The van der Waals surface area contributed by atoms with Crippen molar-refractivity contribution in [1.82, 2.24) is 4.57 Å². The number of rotatable bonds is 3. The van der Waals surface area contributed by atoms with Crippen LogP contribution in [0.25, 0.3) is 0 Å². The smallest absolute Gasteiger partial charge is 0.262 e. The van der Waals surface area contributed by atoms with E-state index in [1.165, 1.54) is 22.8 Å². The van der Waals surface area contributed by atoms with E-state index in [1.54, 1.807) is 19.1 Å². The van der Waals surface area contributed by atoms with E-state index in [4.69, 9.17) is 22.5 Å². The van der Waals surface area contributed by atoms with Crippen LogP contribution in [-0.4, -0.2) is 15.6 Å². The van der Waals surface area contributed by atoms with Gasteiger partial charge in [-0.05, 0) is 30.7 Å². The zero-order chi connectivity index (χ0) is 15.6. The van der Waals surface area contributed by atoms with E-state index in [-0.39, 0.29) is 23.0 Å². The molecule has 3 N–H and O–H groups in total. The highest BCUT2D eigenvalue weighted by Gasteiger charge is 2.13. The summed E-state index contributed by atoms with van der Waals surface area (Å²) in [5.41, 5.74) is 6.21. The normalized spacial score (nSPS) is 11.7. The quantitative estimate of drug-likeness (QED) is 0.394. The summed E-state index contributed by atoms with van der Waals surface area (Å²) in [7, 11) is 0. The van der Waals surface area contributed by atoms with Gasteiger partial charge in [0, 0.05) is 5.69 Å². The van der Waals surface area contributed by atoms with Gasteiger partial charge < -0.3 is 15.5 Å². The molecule has 1 aromatic heterocycles. The third-order valence-corrected chi connectivity index (χ3v) is 3.56. The minimum atomic E-state index is -0.549. The van der Waals surface area contributed by atoms with Crippen molar-refractivity contribution in [1.29, 1.82) is 0 Å². The van der Waals surface area contributed by atoms with E-state index in [0.29, 0.717) is 11.3 Å². The Hall–Kier alpha value is -2.34. The van der Waals surface area contributed by atoms with Gasteiger partial charge in [0.2, 0.25) is 0 Å². The Bertz CT molecular complexity index is 771. The number of hydrogen-bond acceptors (Lipinski definition) is 3. The average molecular weight is 310 g/mol. The molecular formula is C14H13ClFN3O2. The van der Waals surface area contributed by atoms with Gasteiger partial charge in [0.25, 0.3) is 5.56 Å². The molecule has 0 bridgehead atoms. The Morgan fingerprint density at radius 3 is 2.81 bits per heavy atom. The maximum Gasteiger partial charge on any atom is 0.262 e. The van der Waals surface area contributed by atoms with E-state index < -0.39 is 11.4 Å². The molecule has 1 heterocycles. The molecule has 0 unspecified atom stereocenters. The molecule has 0 atom stereocenters. The lowest BCUT2D eigenvalue weighted by Gasteiger charge is -2.13. The predicted molar refractivity (Wildman–Crippen MR) is 78.5 cm³/mol. The van der Waals surface area contributed by atoms with Crippen LogP contribution in [0.5, 0.6) is 0 Å². The summed E-state index contributed by atoms with van der Waals surface area (Å²) < 4.78 is 14.8. The van der Waals surface area contributed by atoms with E-state index in [0.717, 1.165) is 0 Å². The fourth-order valence-electron chi connectivity index (χ4n) is 1.96. The van der Waals surface area contributed by atoms with E-state index >= 15 is 0 Å². The molecule has 2 rings (SSSR count). The number of nitrogens with two attached hydrogens (primary N) is 1. The molecule has 0 saturated carbocycles. The maximum absolute atomic E-state index is 13.5. The van der Waals surface area contributed by atoms with Crippen LogP contribution in [0.1, 0.15) is 16.8 Å². The topological polar surface area (TPSA) is 80.6 Å². The van der Waals surface area contributed by atoms with E-state index in [1.807, 2.05) is 0 Å². The lowest BCUT2D eigenvalue weighted by Crippen LogP contribution is -2.31. The fraction of sp³-hybridized carbons (Fsp3) is 0.143. The molecule has 0 spiro atoms. The molecule has 5 nitrogen and oxygen atoms in total. The summed E-state index contributed by atoms with van der Waals surface area (Å²) in [5.74, 6) is -0.827. The summed E-state index contributed by atoms with van der Waals surface area (Å²) in [6.45, 7) is 1.82. The summed E-state index contributed by atoms with van der Waals surface area (Å²) in [5, 5.41) is 11.5. The second kappa shape index (κ2) is 5.97. The number of halogens is 2. The lowest BCUT2D eigenvalue weighted by molar-refractivity contribution is 0.318. The third kappa shape index (κ3) is 2.90. The van der Waals surface area contributed by atoms with Crippen LogP contribution < -0.4 is 11.3 Å². The molecule has 110 valence electrons. The van der Waals surface area contributed by atoms with Gasteiger partial charge in [0.05, 0.1) is 17.1 Å². The molecule has 7 heteroatoms. The number of hydrogen-bond donors (Lipinski definition) is 2. The molecular weight excluding hydrogens is 297 g/mol. The third-order valence-electron chi connectivity index (χ3n) is 3.14. The minimum Gasteiger partial charge on any atom is -0.409 e. The van der Waals surface area contributed by atoms with Crippen molar-refractivity contribution >= 4 is 17.4 Å². The number of aryl methyl sites for hydroxylation is 1. The van der Waals surface area contributed by atoms with Crippen LogP contribution in [0.3, 0.4) is 0 Å². The Balaban J connectivity index is 2.54. The van der Waals surface area contributed by atoms with Crippen LogP contribution in [0.2, 0.25) is 5.02 Å². The number of nitrogens with zero attached hydrogens (tertiary/aromatic N) is 2. The van der Waals surface area contributed by atoms with Crippen molar-refractivity contribution in [2.24, 2.45) is 10.9 Å². The molecule has 21 heavy (non-hydrogen) atoms. The van der Waals surface area contributed by atoms with Gasteiger partial charge in [0.1, 0.15) is 5.82 Å². The zero-order valence-corrected chi connectivity index (χ0v) is 11.9. The zero-order valence-electron chi connectivity index (χ0n) is 11.2. The molecule has 0 aliphatic carbocycles. The Kier molecular flexibility index (Phi) is 4.28. The molecule has 0 fully saturated rings. The molecule has 1 aromatic carbocycles. The van der Waals surface area contributed by atoms with Crippen LogP contribution in [0.15, 0.2) is 40.3 Å². The second-order valence-corrected chi connectivity index (χ2v) is 4.86. The van der Waals surface area contributed by atoms with Crippen molar-refractivity contribution in [2.45, 2.75) is 13.5 Å². The average Bonchev–Trinajstić information content (AvgIpc) is 2.47. The van der Waals surface area contributed by atoms with Gasteiger partial charge in [-0.1, -0.05) is 28.9 Å². The first-order valence-electron chi connectivity index (χ1n) is 6.07. The van der Waals surface area contributed by atoms with Crippen LogP contribution >= 0.6 is 11.6 Å². The number of amidine groups is 1. The van der Waals surface area contributed by atoms with Crippen LogP contribution in [-0.2, 0) is 6.54 Å². The molecule has 0 amide bonds. The van der Waals surface area contributed by atoms with Gasteiger partial charge >= 0.3 is 0 Å². The number of oxime groups is 1. The first-order chi connectivity index (χ1) is 9.95. The van der Waals surface area contributed by atoms with Crippen molar-refractivity contribution in [3.8, 4) is 0 Å². The van der Waals surface area contributed by atoms with Crippen molar-refractivity contribution in [3.05, 3.63) is 68.3 Å². The van der Waals surface area contributed by atoms with E-state index in [2.05, 4.69) is 5.16 Å². The Labute approximate surface area is 125 Å². The van der Waals surface area contributed by atoms with Gasteiger partial charge in [0.15, 0.2) is 5.84 Å². The second-order valence-electron chi connectivity index (χ2n) is 4.48. The van der Waals surface area contributed by atoms with Crippen LogP contribution in [0, 0.1) is 12.7 Å². The summed E-state index contributed by atoms with van der Waals surface area (Å²) in [6.07, 6.45) is 0. The SMILES string of the molecule is Cc1ccc(/C(N)=N/O)c(=O)n1Cc1cccc(F)c1Cl. The fourth-order valence-corrected chi connectivity index (χ4v) is 2.14. The maximum atomic E-state index is 13.5. The monoisotopic (exact) mass is 309 g/mol. The molecule has 0 aliphatic heterocycles. The first kappa shape index (κ1) is 15.1. The van der Waals surface area contributed by atoms with Gasteiger partial charge in [-0.15, -0.1) is 0 Å². The summed E-state index contributed by atoms with van der Waals surface area (Å²) >= 11 is 5.90. The molecule has 0 radical (unpaired) electrons. The number of aromatic nitrogens is 1. The highest BCUT2D eigenvalue weighted by atomic mass is 35.5. The highest BCUT2D eigenvalue weighted by Crippen LogP contribution is 2.20. The molecule has 0 saturated heterocycles. The molecule has 2 aromatic rings. The summed E-state index contributed by atoms with van der Waals surface area (Å²) in [6, 6.07) is 7.52. The van der Waals surface area contributed by atoms with Crippen LogP contribution in [0.4, 0.5) is 4.39 Å². The van der Waals surface area contributed by atoms with Gasteiger partial charge in [-0.3, -0.25) is 4.79 Å². The van der Waals surface area contributed by atoms with Gasteiger partial charge in [-0.2, -0.15) is 0 Å². The minimum absolute atomic E-state index is 0.0296. The summed E-state index contributed by atoms with van der Waals surface area (Å²) in [4.78, 5) is 12.3. The van der Waals surface area contributed by atoms with Gasteiger partial charge in [-0.25, -0.2) is 4.39 Å².